The molecule has 6 heteroatoms. The minimum Gasteiger partial charge on any atom is -0.457 e. The molecule has 0 bridgehead atoms. The molecule has 0 saturated carbocycles. The minimum absolute atomic E-state index is 0.129. The van der Waals surface area contributed by atoms with Gasteiger partial charge in [0.05, 0.1) is 6.42 Å². The second kappa shape index (κ2) is 5.31. The van der Waals surface area contributed by atoms with Gasteiger partial charge in [-0.25, -0.2) is 4.98 Å². The molecule has 0 aliphatic heterocycles. The summed E-state index contributed by atoms with van der Waals surface area (Å²) in [7, 11) is 1.75. The maximum atomic E-state index is 11.6. The van der Waals surface area contributed by atoms with Crippen LogP contribution in [0, 0.1) is 0 Å². The number of nitrogens with two attached hydrogens (primary N) is 1. The lowest BCUT2D eigenvalue weighted by Crippen LogP contribution is -2.10. The van der Waals surface area contributed by atoms with Crippen LogP contribution < -0.4 is 5.73 Å². The van der Waals surface area contributed by atoms with E-state index in [2.05, 4.69) is 10.1 Å². The number of nitrogens with zero attached hydrogens (tertiary/aromatic N) is 3. The number of anilines is 1. The molecule has 0 radical (unpaired) electrons. The Morgan fingerprint density at radius 3 is 2.72 bits per heavy atom. The molecule has 1 aromatic heterocycles. The van der Waals surface area contributed by atoms with Crippen molar-refractivity contribution in [3.05, 3.63) is 42.0 Å². The number of aryl methyl sites for hydroxylation is 1. The first-order valence-corrected chi connectivity index (χ1v) is 5.48. The summed E-state index contributed by atoms with van der Waals surface area (Å²) in [6.45, 7) is 0.129. The first kappa shape index (κ1) is 12.1. The lowest BCUT2D eigenvalue weighted by Gasteiger charge is -2.04. The van der Waals surface area contributed by atoms with Gasteiger partial charge < -0.3 is 10.5 Å². The van der Waals surface area contributed by atoms with E-state index in [0.29, 0.717) is 11.5 Å². The third-order valence-corrected chi connectivity index (χ3v) is 2.50. The van der Waals surface area contributed by atoms with Crippen molar-refractivity contribution in [2.45, 2.75) is 13.0 Å². The molecule has 0 aliphatic rings. The van der Waals surface area contributed by atoms with Crippen LogP contribution in [-0.2, 0) is 29.6 Å². The van der Waals surface area contributed by atoms with Gasteiger partial charge in [0.2, 0.25) is 0 Å². The predicted molar refractivity (Wildman–Crippen MR) is 65.4 cm³/mol. The predicted octanol–water partition coefficient (Wildman–Crippen LogP) is 0.683. The first-order chi connectivity index (χ1) is 8.65. The smallest absolute Gasteiger partial charge is 0.310 e. The van der Waals surface area contributed by atoms with Crippen molar-refractivity contribution in [1.82, 2.24) is 14.8 Å². The number of hydrogen-bond acceptors (Lipinski definition) is 5. The van der Waals surface area contributed by atoms with Crippen molar-refractivity contribution in [2.24, 2.45) is 7.05 Å². The number of esters is 1. The Bertz CT molecular complexity index is 533. The number of carbonyl (C=O) groups excluding carboxylic acids is 1. The Labute approximate surface area is 104 Å². The fourth-order valence-electron chi connectivity index (χ4n) is 1.45. The Morgan fingerprint density at radius 1 is 1.39 bits per heavy atom. The molecule has 1 heterocycles. The van der Waals surface area contributed by atoms with Gasteiger partial charge in [-0.2, -0.15) is 5.10 Å². The summed E-state index contributed by atoms with van der Waals surface area (Å²) in [4.78, 5) is 15.6. The molecular weight excluding hydrogens is 232 g/mol. The SMILES string of the molecule is Cn1ncnc1COC(=O)Cc1ccc(N)cc1. The van der Waals surface area contributed by atoms with Crippen LogP contribution in [0.4, 0.5) is 5.69 Å². The summed E-state index contributed by atoms with van der Waals surface area (Å²) in [5.41, 5.74) is 7.10. The number of nitrogen functional groups attached to an aromatic ring is 1. The number of hydrogen-bond donors (Lipinski definition) is 1. The highest BCUT2D eigenvalue weighted by Crippen LogP contribution is 2.07. The van der Waals surface area contributed by atoms with Crippen LogP contribution in [-0.4, -0.2) is 20.7 Å². The van der Waals surface area contributed by atoms with E-state index >= 15 is 0 Å². The fourth-order valence-corrected chi connectivity index (χ4v) is 1.45. The number of aromatic nitrogens is 3. The molecule has 2 rings (SSSR count). The van der Waals surface area contributed by atoms with Gasteiger partial charge in [0.25, 0.3) is 0 Å². The maximum absolute atomic E-state index is 11.6. The highest BCUT2D eigenvalue weighted by Gasteiger charge is 2.07. The van der Waals surface area contributed by atoms with Crippen LogP contribution >= 0.6 is 0 Å². The molecule has 94 valence electrons. The monoisotopic (exact) mass is 246 g/mol. The van der Waals surface area contributed by atoms with E-state index < -0.39 is 0 Å². The summed E-state index contributed by atoms with van der Waals surface area (Å²) in [5.74, 6) is 0.309. The number of ether oxygens (including phenoxy) is 1. The van der Waals surface area contributed by atoms with Crippen LogP contribution in [0.25, 0.3) is 0 Å². The molecule has 18 heavy (non-hydrogen) atoms. The second-order valence-corrected chi connectivity index (χ2v) is 3.88. The Kier molecular flexibility index (Phi) is 3.57. The average Bonchev–Trinajstić information content (AvgIpc) is 2.75. The van der Waals surface area contributed by atoms with Crippen molar-refractivity contribution in [3.8, 4) is 0 Å². The summed E-state index contributed by atoms with van der Waals surface area (Å²) in [5, 5.41) is 3.89. The van der Waals surface area contributed by atoms with Gasteiger partial charge in [0, 0.05) is 12.7 Å². The van der Waals surface area contributed by atoms with Crippen LogP contribution in [0.15, 0.2) is 30.6 Å². The summed E-state index contributed by atoms with van der Waals surface area (Å²) in [6.07, 6.45) is 1.64. The lowest BCUT2D eigenvalue weighted by molar-refractivity contribution is -0.144. The minimum atomic E-state index is -0.303. The highest BCUT2D eigenvalue weighted by molar-refractivity contribution is 5.72. The largest absolute Gasteiger partial charge is 0.457 e. The second-order valence-electron chi connectivity index (χ2n) is 3.88. The van der Waals surface area contributed by atoms with E-state index in [1.807, 2.05) is 0 Å². The molecule has 2 aromatic rings. The molecule has 0 unspecified atom stereocenters. The Balaban J connectivity index is 1.86. The summed E-state index contributed by atoms with van der Waals surface area (Å²) < 4.78 is 6.67. The molecule has 6 nitrogen and oxygen atoms in total. The van der Waals surface area contributed by atoms with Crippen molar-refractivity contribution in [3.63, 3.8) is 0 Å². The third-order valence-electron chi connectivity index (χ3n) is 2.50. The van der Waals surface area contributed by atoms with E-state index in [-0.39, 0.29) is 19.0 Å². The molecule has 2 N–H and O–H groups in total. The van der Waals surface area contributed by atoms with Crippen molar-refractivity contribution >= 4 is 11.7 Å². The van der Waals surface area contributed by atoms with Crippen LogP contribution in [0.5, 0.6) is 0 Å². The van der Waals surface area contributed by atoms with E-state index in [0.717, 1.165) is 5.56 Å². The van der Waals surface area contributed by atoms with Gasteiger partial charge in [-0.3, -0.25) is 9.48 Å². The van der Waals surface area contributed by atoms with Crippen molar-refractivity contribution < 1.29 is 9.53 Å². The van der Waals surface area contributed by atoms with E-state index in [1.54, 1.807) is 36.0 Å². The topological polar surface area (TPSA) is 83.0 Å². The van der Waals surface area contributed by atoms with Gasteiger partial charge in [-0.1, -0.05) is 12.1 Å². The zero-order valence-corrected chi connectivity index (χ0v) is 10.0. The van der Waals surface area contributed by atoms with Crippen LogP contribution in [0.2, 0.25) is 0 Å². The van der Waals surface area contributed by atoms with Crippen LogP contribution in [0.3, 0.4) is 0 Å². The number of benzene rings is 1. The zero-order chi connectivity index (χ0) is 13.0. The zero-order valence-electron chi connectivity index (χ0n) is 10.0. The maximum Gasteiger partial charge on any atom is 0.310 e. The summed E-state index contributed by atoms with van der Waals surface area (Å²) >= 11 is 0. The molecule has 0 spiro atoms. The third kappa shape index (κ3) is 3.07. The molecule has 0 fully saturated rings. The van der Waals surface area contributed by atoms with E-state index in [4.69, 9.17) is 10.5 Å². The van der Waals surface area contributed by atoms with E-state index in [9.17, 15) is 4.79 Å². The molecule has 0 saturated heterocycles. The first-order valence-electron chi connectivity index (χ1n) is 5.48. The average molecular weight is 246 g/mol. The molecule has 1 aromatic carbocycles. The highest BCUT2D eigenvalue weighted by atomic mass is 16.5. The fraction of sp³-hybridized carbons (Fsp3) is 0.250. The van der Waals surface area contributed by atoms with Gasteiger partial charge in [0.1, 0.15) is 6.33 Å². The molecular formula is C12H14N4O2. The van der Waals surface area contributed by atoms with E-state index in [1.165, 1.54) is 6.33 Å². The molecule has 0 atom stereocenters. The Morgan fingerprint density at radius 2 is 2.11 bits per heavy atom. The number of carbonyl (C=O) groups is 1. The molecule has 0 amide bonds. The molecule has 0 aliphatic carbocycles. The summed E-state index contributed by atoms with van der Waals surface area (Å²) in [6, 6.07) is 7.12. The van der Waals surface area contributed by atoms with Crippen molar-refractivity contribution in [2.75, 3.05) is 5.73 Å². The van der Waals surface area contributed by atoms with Gasteiger partial charge in [0.15, 0.2) is 12.4 Å². The van der Waals surface area contributed by atoms with Gasteiger partial charge in [-0.05, 0) is 17.7 Å². The quantitative estimate of drug-likeness (QED) is 0.633. The van der Waals surface area contributed by atoms with Gasteiger partial charge in [-0.15, -0.1) is 0 Å². The normalized spacial score (nSPS) is 10.3. The van der Waals surface area contributed by atoms with Crippen molar-refractivity contribution in [1.29, 1.82) is 0 Å². The number of rotatable bonds is 4. The van der Waals surface area contributed by atoms with Gasteiger partial charge >= 0.3 is 5.97 Å². The standard InChI is InChI=1S/C12H14N4O2/c1-16-11(14-8-15-16)7-18-12(17)6-9-2-4-10(13)5-3-9/h2-5,8H,6-7,13H2,1H3. The Hall–Kier alpha value is -2.37. The van der Waals surface area contributed by atoms with Crippen LogP contribution in [0.1, 0.15) is 11.4 Å². The lowest BCUT2D eigenvalue weighted by atomic mass is 10.1.